The molecule has 2 atom stereocenters. The van der Waals surface area contributed by atoms with Crippen molar-refractivity contribution in [2.45, 2.75) is 118 Å². The van der Waals surface area contributed by atoms with Gasteiger partial charge in [-0.2, -0.15) is 0 Å². The summed E-state index contributed by atoms with van der Waals surface area (Å²) in [6.07, 6.45) is 6.67. The molecular weight excluding hydrogens is 512 g/mol. The average molecular weight is 559 g/mol. The van der Waals surface area contributed by atoms with Gasteiger partial charge in [0.05, 0.1) is 10.6 Å². The van der Waals surface area contributed by atoms with Crippen LogP contribution in [0.15, 0.2) is 6.07 Å². The number of nitrogens with zero attached hydrogens (tertiary/aromatic N) is 1. The van der Waals surface area contributed by atoms with Crippen molar-refractivity contribution in [1.82, 2.24) is 0 Å². The number of carbonyl (C=O) groups is 3. The molecule has 0 spiro atoms. The van der Waals surface area contributed by atoms with E-state index in [1.54, 1.807) is 11.0 Å². The monoisotopic (exact) mass is 558 g/mol. The average Bonchev–Trinajstić information content (AvgIpc) is 3.32. The van der Waals surface area contributed by atoms with E-state index in [2.05, 4.69) is 18.8 Å². The first kappa shape index (κ1) is 31.2. The second-order valence-electron chi connectivity index (χ2n) is 12.6. The summed E-state index contributed by atoms with van der Waals surface area (Å²) in [6.45, 7) is 12.2. The Kier molecular flexibility index (Phi) is 10.6. The zero-order chi connectivity index (χ0) is 28.9. The largest absolute Gasteiger partial charge is 0.477 e. The molecule has 2 aliphatic rings. The van der Waals surface area contributed by atoms with E-state index in [0.29, 0.717) is 42.2 Å². The molecule has 39 heavy (non-hydrogen) atoms. The predicted octanol–water partition coefficient (Wildman–Crippen LogP) is 6.23. The van der Waals surface area contributed by atoms with Crippen LogP contribution in [0.3, 0.4) is 0 Å². The Hall–Kier alpha value is -2.37. The van der Waals surface area contributed by atoms with E-state index in [4.69, 9.17) is 10.5 Å². The number of thiophene rings is 1. The van der Waals surface area contributed by atoms with E-state index >= 15 is 0 Å². The lowest BCUT2D eigenvalue weighted by atomic mass is 9.81. The van der Waals surface area contributed by atoms with Gasteiger partial charge in [0.1, 0.15) is 17.0 Å². The van der Waals surface area contributed by atoms with Crippen LogP contribution in [0.4, 0.5) is 5.69 Å². The molecule has 1 heterocycles. The maximum Gasteiger partial charge on any atom is 0.348 e. The first-order valence-corrected chi connectivity index (χ1v) is 15.3. The number of rotatable bonds is 8. The number of ether oxygens (including phenoxy) is 1. The summed E-state index contributed by atoms with van der Waals surface area (Å²) >= 11 is 1.13. The quantitative estimate of drug-likeness (QED) is 0.289. The summed E-state index contributed by atoms with van der Waals surface area (Å²) in [5.41, 5.74) is 6.30. The predicted molar refractivity (Wildman–Crippen MR) is 156 cm³/mol. The number of hydrogen-bond acceptors (Lipinski definition) is 6. The highest BCUT2D eigenvalue weighted by Gasteiger charge is 2.38. The highest BCUT2D eigenvalue weighted by Crippen LogP contribution is 2.39. The molecule has 0 radical (unpaired) electrons. The maximum atomic E-state index is 14.1. The van der Waals surface area contributed by atoms with E-state index in [0.717, 1.165) is 43.4 Å². The van der Waals surface area contributed by atoms with Crippen LogP contribution in [0.5, 0.6) is 0 Å². The van der Waals surface area contributed by atoms with Gasteiger partial charge in [-0.3, -0.25) is 9.59 Å². The minimum atomic E-state index is -1.05. The van der Waals surface area contributed by atoms with Crippen LogP contribution in [0.2, 0.25) is 0 Å². The van der Waals surface area contributed by atoms with Gasteiger partial charge in [0.25, 0.3) is 0 Å². The van der Waals surface area contributed by atoms with Gasteiger partial charge in [-0.05, 0) is 90.0 Å². The van der Waals surface area contributed by atoms with Crippen LogP contribution >= 0.6 is 11.3 Å². The molecule has 3 N–H and O–H groups in total. The van der Waals surface area contributed by atoms with Gasteiger partial charge >= 0.3 is 11.9 Å². The summed E-state index contributed by atoms with van der Waals surface area (Å²) in [5, 5.41) is 10.1. The molecule has 0 aromatic carbocycles. The summed E-state index contributed by atoms with van der Waals surface area (Å²) < 4.78 is 5.75. The Labute approximate surface area is 237 Å². The molecule has 1 aromatic rings. The Morgan fingerprint density at radius 1 is 1.13 bits per heavy atom. The van der Waals surface area contributed by atoms with Crippen molar-refractivity contribution in [2.75, 3.05) is 4.90 Å². The van der Waals surface area contributed by atoms with Crippen LogP contribution in [-0.2, 0) is 14.3 Å². The molecule has 1 aromatic heterocycles. The van der Waals surface area contributed by atoms with Crippen LogP contribution < -0.4 is 10.6 Å². The molecule has 216 valence electrons. The molecule has 3 rings (SSSR count). The van der Waals surface area contributed by atoms with Crippen LogP contribution in [0, 0.1) is 35.0 Å². The molecule has 2 fully saturated rings. The smallest absolute Gasteiger partial charge is 0.348 e. The van der Waals surface area contributed by atoms with Crippen molar-refractivity contribution in [1.29, 1.82) is 0 Å². The van der Waals surface area contributed by atoms with Crippen LogP contribution in [0.1, 0.15) is 114 Å². The second-order valence-corrected chi connectivity index (χ2v) is 13.6. The summed E-state index contributed by atoms with van der Waals surface area (Å²) in [5.74, 6) is 5.44. The van der Waals surface area contributed by atoms with Crippen molar-refractivity contribution in [3.8, 4) is 11.8 Å². The van der Waals surface area contributed by atoms with Crippen molar-refractivity contribution >= 4 is 34.9 Å². The number of amides is 1. The third kappa shape index (κ3) is 8.31. The van der Waals surface area contributed by atoms with Gasteiger partial charge in [-0.15, -0.1) is 11.3 Å². The molecule has 8 heteroatoms. The number of carbonyl (C=O) groups excluding carboxylic acids is 2. The fraction of sp³-hybridized carbons (Fsp3) is 0.710. The van der Waals surface area contributed by atoms with Gasteiger partial charge in [-0.1, -0.05) is 39.0 Å². The van der Waals surface area contributed by atoms with Crippen molar-refractivity contribution in [3.05, 3.63) is 15.8 Å². The maximum absolute atomic E-state index is 14.1. The first-order valence-electron chi connectivity index (χ1n) is 14.5. The molecule has 7 nitrogen and oxygen atoms in total. The summed E-state index contributed by atoms with van der Waals surface area (Å²) in [4.78, 5) is 41.5. The number of aromatic carboxylic acids is 1. The molecule has 2 aliphatic carbocycles. The zero-order valence-electron chi connectivity index (χ0n) is 24.4. The minimum Gasteiger partial charge on any atom is -0.477 e. The first-order chi connectivity index (χ1) is 18.3. The minimum absolute atomic E-state index is 0.0109. The van der Waals surface area contributed by atoms with Crippen molar-refractivity contribution in [3.63, 3.8) is 0 Å². The number of esters is 1. The Morgan fingerprint density at radius 2 is 1.74 bits per heavy atom. The lowest BCUT2D eigenvalue weighted by Crippen LogP contribution is -2.48. The van der Waals surface area contributed by atoms with Crippen molar-refractivity contribution in [2.24, 2.45) is 28.9 Å². The standard InChI is InChI=1S/C31H46N2O5S/c1-7-20(3)26(32)30(37)38-23-14-12-22(13-15-23)33(28(34)21-10-8-19(2)9-11-21)25-18-24(16-17-31(4,5)6)39-27(25)29(35)36/h18-23,26H,7-15,32H2,1-6H3,(H,35,36). The number of carboxylic acid groups (broad SMARTS) is 1. The molecular formula is C31H46N2O5S. The highest BCUT2D eigenvalue weighted by molar-refractivity contribution is 7.15. The third-order valence-corrected chi connectivity index (χ3v) is 9.18. The van der Waals surface area contributed by atoms with Crippen LogP contribution in [0.25, 0.3) is 0 Å². The topological polar surface area (TPSA) is 110 Å². The molecule has 0 bridgehead atoms. The number of anilines is 1. The normalized spacial score (nSPS) is 25.1. The van der Waals surface area contributed by atoms with Gasteiger partial charge in [-0.25, -0.2) is 4.79 Å². The highest BCUT2D eigenvalue weighted by atomic mass is 32.1. The van der Waals surface area contributed by atoms with Crippen LogP contribution in [-0.4, -0.2) is 41.1 Å². The van der Waals surface area contributed by atoms with E-state index in [9.17, 15) is 19.5 Å². The second kappa shape index (κ2) is 13.3. The fourth-order valence-corrected chi connectivity index (χ4v) is 6.22. The number of hydrogen-bond donors (Lipinski definition) is 2. The van der Waals surface area contributed by atoms with E-state index in [1.165, 1.54) is 0 Å². The summed E-state index contributed by atoms with van der Waals surface area (Å²) in [6, 6.07) is 0.982. The molecule has 0 aliphatic heterocycles. The number of nitrogens with two attached hydrogens (primary N) is 1. The van der Waals surface area contributed by atoms with Gasteiger partial charge < -0.3 is 20.5 Å². The van der Waals surface area contributed by atoms with E-state index < -0.39 is 12.0 Å². The Balaban J connectivity index is 1.87. The lowest BCUT2D eigenvalue weighted by Gasteiger charge is -2.39. The van der Waals surface area contributed by atoms with Gasteiger partial charge in [0.15, 0.2) is 0 Å². The zero-order valence-corrected chi connectivity index (χ0v) is 25.2. The molecule has 2 unspecified atom stereocenters. The third-order valence-electron chi connectivity index (χ3n) is 8.15. The van der Waals surface area contributed by atoms with Crippen molar-refractivity contribution < 1.29 is 24.2 Å². The van der Waals surface area contributed by atoms with Gasteiger partial charge in [0, 0.05) is 17.4 Å². The molecule has 2 saturated carbocycles. The Morgan fingerprint density at radius 3 is 2.28 bits per heavy atom. The van der Waals surface area contributed by atoms with Gasteiger partial charge in [0.2, 0.25) is 5.91 Å². The van der Waals surface area contributed by atoms with E-state index in [1.807, 2.05) is 34.6 Å². The van der Waals surface area contributed by atoms with E-state index in [-0.39, 0.29) is 46.2 Å². The SMILES string of the molecule is CCC(C)C(N)C(=O)OC1CCC(N(C(=O)C2CCC(C)CC2)c2cc(C#CC(C)(C)C)sc2C(=O)O)CC1. The number of carboxylic acids is 1. The molecule has 0 saturated heterocycles. The molecule has 1 amide bonds. The summed E-state index contributed by atoms with van der Waals surface area (Å²) in [7, 11) is 0. The Bertz CT molecular complexity index is 1080. The lowest BCUT2D eigenvalue weighted by molar-refractivity contribution is -0.153. The fourth-order valence-electron chi connectivity index (χ4n) is 5.37.